The number of thiophene rings is 1. The van der Waals surface area contributed by atoms with Crippen molar-refractivity contribution in [3.63, 3.8) is 0 Å². The van der Waals surface area contributed by atoms with Crippen molar-refractivity contribution in [2.45, 2.75) is 33.2 Å². The van der Waals surface area contributed by atoms with Crippen molar-refractivity contribution in [2.75, 3.05) is 13.1 Å². The zero-order valence-electron chi connectivity index (χ0n) is 20.2. The molecule has 0 spiro atoms. The first-order chi connectivity index (χ1) is 17.4. The normalized spacial score (nSPS) is 23.1. The lowest BCUT2D eigenvalue weighted by Crippen LogP contribution is -2.58. The molecule has 3 fully saturated rings. The van der Waals surface area contributed by atoms with Crippen LogP contribution in [0.4, 0.5) is 8.78 Å². The van der Waals surface area contributed by atoms with E-state index in [1.54, 1.807) is 25.3 Å². The van der Waals surface area contributed by atoms with Crippen LogP contribution in [-0.2, 0) is 16.1 Å². The number of rotatable bonds is 4. The van der Waals surface area contributed by atoms with Crippen LogP contribution in [0.3, 0.4) is 0 Å². The number of aromatic nitrogens is 2. The average Bonchev–Trinajstić information content (AvgIpc) is 3.07. The number of alkyl halides is 2. The van der Waals surface area contributed by atoms with Gasteiger partial charge in [0.2, 0.25) is 11.8 Å². The van der Waals surface area contributed by atoms with Crippen LogP contribution >= 0.6 is 11.3 Å². The van der Waals surface area contributed by atoms with Crippen molar-refractivity contribution < 1.29 is 23.2 Å². The third-order valence-corrected chi connectivity index (χ3v) is 8.76. The molecule has 188 valence electrons. The van der Waals surface area contributed by atoms with E-state index in [0.29, 0.717) is 21.3 Å². The highest BCUT2D eigenvalue weighted by Crippen LogP contribution is 2.63. The van der Waals surface area contributed by atoms with E-state index in [1.165, 1.54) is 22.3 Å². The molecule has 3 aliphatic rings. The van der Waals surface area contributed by atoms with Crippen molar-refractivity contribution in [3.8, 4) is 17.2 Å². The molecule has 3 aromatic rings. The molecule has 1 aliphatic carbocycles. The number of amides is 3. The van der Waals surface area contributed by atoms with Crippen LogP contribution in [0.2, 0.25) is 0 Å². The number of pyridine rings is 2. The minimum atomic E-state index is -2.92. The summed E-state index contributed by atoms with van der Waals surface area (Å²) in [4.78, 5) is 50.6. The van der Waals surface area contributed by atoms with Crippen molar-refractivity contribution >= 4 is 39.3 Å². The largest absolute Gasteiger partial charge is 0.326 e. The van der Waals surface area contributed by atoms with Crippen LogP contribution in [0.25, 0.3) is 21.3 Å². The maximum absolute atomic E-state index is 13.5. The molecule has 0 aromatic carbocycles. The van der Waals surface area contributed by atoms with Gasteiger partial charge in [0, 0.05) is 22.2 Å². The summed E-state index contributed by atoms with van der Waals surface area (Å²) in [5.41, 5.74) is 1.83. The minimum absolute atomic E-state index is 0.0924. The lowest BCUT2D eigenvalue weighted by Gasteiger charge is -2.39. The molecule has 2 aliphatic heterocycles. The van der Waals surface area contributed by atoms with Crippen molar-refractivity contribution in [1.82, 2.24) is 19.8 Å². The number of aryl methyl sites for hydroxylation is 1. The number of fused-ring (bicyclic) bond motifs is 2. The Kier molecular flexibility index (Phi) is 4.86. The van der Waals surface area contributed by atoms with E-state index in [9.17, 15) is 28.4 Å². The van der Waals surface area contributed by atoms with Crippen LogP contribution in [0.5, 0.6) is 0 Å². The first-order valence-electron chi connectivity index (χ1n) is 11.7. The van der Waals surface area contributed by atoms with Crippen LogP contribution in [-0.4, -0.2) is 56.5 Å². The predicted octanol–water partition coefficient (Wildman–Crippen LogP) is 3.77. The molecule has 0 N–H and O–H groups in total. The number of imide groups is 1. The first-order valence-corrected chi connectivity index (χ1v) is 12.6. The Labute approximate surface area is 214 Å². The molecule has 11 heteroatoms. The fourth-order valence-electron chi connectivity index (χ4n) is 5.62. The van der Waals surface area contributed by atoms with E-state index in [-0.39, 0.29) is 52.6 Å². The Balaban J connectivity index is 1.40. The highest BCUT2D eigenvalue weighted by Gasteiger charge is 2.72. The summed E-state index contributed by atoms with van der Waals surface area (Å²) in [5.74, 6) is -4.35. The van der Waals surface area contributed by atoms with Gasteiger partial charge in [0.15, 0.2) is 0 Å². The molecule has 2 saturated heterocycles. The van der Waals surface area contributed by atoms with Crippen LogP contribution < -0.4 is 0 Å². The van der Waals surface area contributed by atoms with Gasteiger partial charge in [0.25, 0.3) is 11.8 Å². The summed E-state index contributed by atoms with van der Waals surface area (Å²) >= 11 is 1.34. The summed E-state index contributed by atoms with van der Waals surface area (Å²) in [6.07, 6.45) is 1.56. The average molecular weight is 522 g/mol. The molecular formula is C26H21F2N5O3S. The quantitative estimate of drug-likeness (QED) is 0.484. The topological polar surface area (TPSA) is 107 Å². The Morgan fingerprint density at radius 1 is 1.19 bits per heavy atom. The van der Waals surface area contributed by atoms with Crippen LogP contribution in [0, 0.1) is 35.5 Å². The van der Waals surface area contributed by atoms with Crippen LogP contribution in [0.1, 0.15) is 40.5 Å². The molecule has 0 radical (unpaired) electrons. The lowest BCUT2D eigenvalue weighted by atomic mass is 9.96. The molecule has 2 unspecified atom stereocenters. The number of piperidine rings is 1. The molecule has 6 rings (SSSR count). The van der Waals surface area contributed by atoms with Crippen LogP contribution in [0.15, 0.2) is 24.4 Å². The number of nitrogens with zero attached hydrogens (tertiary/aromatic N) is 5. The number of carbonyl (C=O) groups excluding carboxylic acids is 3. The third kappa shape index (κ3) is 3.46. The smallest absolute Gasteiger partial charge is 0.282 e. The molecule has 5 heterocycles. The summed E-state index contributed by atoms with van der Waals surface area (Å²) in [6.45, 7) is 4.22. The van der Waals surface area contributed by atoms with E-state index in [1.807, 2.05) is 19.9 Å². The Morgan fingerprint density at radius 3 is 2.49 bits per heavy atom. The standard InChI is InChI=1S/C26H21F2N5O3S/c1-12-18(22(34)32-10-26(27,28)11-32)16(6-13(8-29)31-12)15-4-5-30-17-7-14(37-21(15)17)9-33-23(35)19-20(24(33)36)25(19,2)3/h4-7,19-20H,9-11H2,1-3H3. The monoisotopic (exact) mass is 521 g/mol. The number of carbonyl (C=O) groups is 3. The fourth-order valence-corrected chi connectivity index (χ4v) is 6.75. The summed E-state index contributed by atoms with van der Waals surface area (Å²) < 4.78 is 27.7. The summed E-state index contributed by atoms with van der Waals surface area (Å²) in [5, 5.41) is 9.50. The van der Waals surface area contributed by atoms with Gasteiger partial charge in [0.05, 0.1) is 52.9 Å². The van der Waals surface area contributed by atoms with Gasteiger partial charge in [-0.05, 0) is 30.5 Å². The summed E-state index contributed by atoms with van der Waals surface area (Å²) in [7, 11) is 0. The summed E-state index contributed by atoms with van der Waals surface area (Å²) in [6, 6.07) is 6.97. The van der Waals surface area contributed by atoms with E-state index < -0.39 is 24.9 Å². The Bertz CT molecular complexity index is 1560. The zero-order valence-corrected chi connectivity index (χ0v) is 21.0. The van der Waals surface area contributed by atoms with Gasteiger partial charge in [0.1, 0.15) is 11.8 Å². The van der Waals surface area contributed by atoms with E-state index in [0.717, 1.165) is 9.78 Å². The number of hydrogen-bond donors (Lipinski definition) is 0. The molecule has 2 atom stereocenters. The third-order valence-electron chi connectivity index (χ3n) is 7.62. The van der Waals surface area contributed by atoms with Gasteiger partial charge in [-0.25, -0.2) is 13.8 Å². The maximum Gasteiger partial charge on any atom is 0.282 e. The van der Waals surface area contributed by atoms with Gasteiger partial charge in [-0.1, -0.05) is 13.8 Å². The highest BCUT2D eigenvalue weighted by atomic mass is 32.1. The number of hydrogen-bond acceptors (Lipinski definition) is 7. The second kappa shape index (κ2) is 7.61. The molecule has 37 heavy (non-hydrogen) atoms. The lowest BCUT2D eigenvalue weighted by molar-refractivity contribution is -0.143. The zero-order chi connectivity index (χ0) is 26.4. The Morgan fingerprint density at radius 2 is 1.86 bits per heavy atom. The molecule has 1 saturated carbocycles. The molecule has 0 bridgehead atoms. The second-order valence-corrected chi connectivity index (χ2v) is 11.6. The number of nitriles is 1. The first kappa shape index (κ1) is 23.6. The minimum Gasteiger partial charge on any atom is -0.326 e. The van der Waals surface area contributed by atoms with E-state index in [2.05, 4.69) is 9.97 Å². The van der Waals surface area contributed by atoms with Crippen molar-refractivity contribution in [3.05, 3.63) is 46.2 Å². The maximum atomic E-state index is 13.5. The molecule has 3 aromatic heterocycles. The predicted molar refractivity (Wildman–Crippen MR) is 129 cm³/mol. The van der Waals surface area contributed by atoms with Crippen molar-refractivity contribution in [1.29, 1.82) is 5.26 Å². The van der Waals surface area contributed by atoms with E-state index >= 15 is 0 Å². The number of halogens is 2. The van der Waals surface area contributed by atoms with Gasteiger partial charge < -0.3 is 4.90 Å². The second-order valence-electron chi connectivity index (χ2n) is 10.5. The van der Waals surface area contributed by atoms with Gasteiger partial charge in [-0.15, -0.1) is 11.3 Å². The molecule has 3 amide bonds. The molecule has 8 nitrogen and oxygen atoms in total. The van der Waals surface area contributed by atoms with Gasteiger partial charge in [-0.2, -0.15) is 5.26 Å². The van der Waals surface area contributed by atoms with Gasteiger partial charge in [-0.3, -0.25) is 24.3 Å². The van der Waals surface area contributed by atoms with E-state index in [4.69, 9.17) is 0 Å². The number of likely N-dealkylation sites (tertiary alicyclic amines) is 2. The Hall–Kier alpha value is -3.78. The SMILES string of the molecule is Cc1nc(C#N)cc(-c2ccnc3cc(CN4C(=O)C5C(C4=O)C5(C)C)sc23)c1C(=O)N1CC(F)(F)C1. The van der Waals surface area contributed by atoms with Gasteiger partial charge >= 0.3 is 0 Å². The highest BCUT2D eigenvalue weighted by molar-refractivity contribution is 7.19. The fraction of sp³-hybridized carbons (Fsp3) is 0.385. The molecular weight excluding hydrogens is 500 g/mol. The van der Waals surface area contributed by atoms with Crippen molar-refractivity contribution in [2.24, 2.45) is 17.3 Å².